The molecule has 1 saturated heterocycles. The molecule has 4 nitrogen and oxygen atoms in total. The molecule has 21 heavy (non-hydrogen) atoms. The van der Waals surface area contributed by atoms with Crippen molar-refractivity contribution >= 4 is 11.7 Å². The number of nitrogens with two attached hydrogens (primary N) is 1. The van der Waals surface area contributed by atoms with Crippen LogP contribution in [-0.4, -0.2) is 23.9 Å². The van der Waals surface area contributed by atoms with Gasteiger partial charge in [-0.15, -0.1) is 0 Å². The lowest BCUT2D eigenvalue weighted by molar-refractivity contribution is 0.220. The molecule has 116 valence electrons. The zero-order valence-electron chi connectivity index (χ0n) is 13.7. The van der Waals surface area contributed by atoms with Crippen LogP contribution in [0.5, 0.6) is 0 Å². The van der Waals surface area contributed by atoms with E-state index in [1.54, 1.807) is 0 Å². The van der Waals surface area contributed by atoms with Gasteiger partial charge in [-0.05, 0) is 49.7 Å². The van der Waals surface area contributed by atoms with Crippen molar-refractivity contribution in [2.45, 2.75) is 47.0 Å². The smallest absolute Gasteiger partial charge is 0.129 e. The standard InChI is InChI=1S/C17H28N4/c1-12-10-13(16(18)19)11-15(20-12)21-8-5-6-14(7-9-21)17(2,3)4/h10-11,14H,5-9H2,1-4H3,(H3,18,19). The Kier molecular flexibility index (Phi) is 4.55. The first-order valence-corrected chi connectivity index (χ1v) is 7.85. The highest BCUT2D eigenvalue weighted by molar-refractivity contribution is 5.95. The molecule has 2 heterocycles. The fraction of sp³-hybridized carbons (Fsp3) is 0.647. The van der Waals surface area contributed by atoms with Crippen LogP contribution in [0, 0.1) is 23.7 Å². The molecule has 0 bridgehead atoms. The molecular weight excluding hydrogens is 260 g/mol. The molecule has 2 rings (SSSR count). The molecule has 1 aliphatic heterocycles. The molecular formula is C17H28N4. The first kappa shape index (κ1) is 15.8. The molecule has 0 saturated carbocycles. The van der Waals surface area contributed by atoms with E-state index >= 15 is 0 Å². The van der Waals surface area contributed by atoms with Crippen LogP contribution >= 0.6 is 0 Å². The Labute approximate surface area is 128 Å². The van der Waals surface area contributed by atoms with E-state index in [9.17, 15) is 0 Å². The number of aryl methyl sites for hydroxylation is 1. The van der Waals surface area contributed by atoms with Crippen LogP contribution in [0.25, 0.3) is 0 Å². The molecule has 0 spiro atoms. The zero-order valence-corrected chi connectivity index (χ0v) is 13.7. The molecule has 0 amide bonds. The summed E-state index contributed by atoms with van der Waals surface area (Å²) in [5.41, 5.74) is 7.70. The van der Waals surface area contributed by atoms with Gasteiger partial charge in [-0.2, -0.15) is 0 Å². The average Bonchev–Trinajstić information content (AvgIpc) is 2.63. The molecule has 0 aromatic carbocycles. The third-order valence-corrected chi connectivity index (χ3v) is 4.53. The number of rotatable bonds is 2. The third kappa shape index (κ3) is 3.96. The summed E-state index contributed by atoms with van der Waals surface area (Å²) < 4.78 is 0. The Morgan fingerprint density at radius 3 is 2.62 bits per heavy atom. The van der Waals surface area contributed by atoms with Gasteiger partial charge in [0, 0.05) is 24.3 Å². The predicted octanol–water partition coefficient (Wildman–Crippen LogP) is 3.33. The minimum absolute atomic E-state index is 0.115. The first-order chi connectivity index (χ1) is 9.77. The Morgan fingerprint density at radius 2 is 2.00 bits per heavy atom. The highest BCUT2D eigenvalue weighted by Gasteiger charge is 2.27. The van der Waals surface area contributed by atoms with Crippen molar-refractivity contribution in [2.75, 3.05) is 18.0 Å². The quantitative estimate of drug-likeness (QED) is 0.648. The van der Waals surface area contributed by atoms with E-state index in [1.807, 2.05) is 19.1 Å². The summed E-state index contributed by atoms with van der Waals surface area (Å²) in [7, 11) is 0. The van der Waals surface area contributed by atoms with Crippen LogP contribution in [0.3, 0.4) is 0 Å². The molecule has 1 fully saturated rings. The normalized spacial score (nSPS) is 20.2. The van der Waals surface area contributed by atoms with Gasteiger partial charge in [-0.3, -0.25) is 5.41 Å². The van der Waals surface area contributed by atoms with E-state index in [0.29, 0.717) is 5.41 Å². The Balaban J connectivity index is 2.17. The van der Waals surface area contributed by atoms with Crippen molar-refractivity contribution in [1.29, 1.82) is 5.41 Å². The van der Waals surface area contributed by atoms with E-state index in [2.05, 4.69) is 30.7 Å². The monoisotopic (exact) mass is 288 g/mol. The number of nitrogens with zero attached hydrogens (tertiary/aromatic N) is 2. The Morgan fingerprint density at radius 1 is 1.29 bits per heavy atom. The van der Waals surface area contributed by atoms with Gasteiger partial charge >= 0.3 is 0 Å². The molecule has 1 aliphatic rings. The van der Waals surface area contributed by atoms with E-state index in [1.165, 1.54) is 19.3 Å². The lowest BCUT2D eigenvalue weighted by atomic mass is 9.77. The zero-order chi connectivity index (χ0) is 15.6. The summed E-state index contributed by atoms with van der Waals surface area (Å²) in [4.78, 5) is 6.99. The van der Waals surface area contributed by atoms with Gasteiger partial charge < -0.3 is 10.6 Å². The number of aromatic nitrogens is 1. The molecule has 1 unspecified atom stereocenters. The van der Waals surface area contributed by atoms with Crippen LogP contribution in [0.4, 0.5) is 5.82 Å². The Hall–Kier alpha value is -1.58. The molecule has 1 aromatic rings. The van der Waals surface area contributed by atoms with Crippen molar-refractivity contribution < 1.29 is 0 Å². The average molecular weight is 288 g/mol. The summed E-state index contributed by atoms with van der Waals surface area (Å²) in [6.45, 7) is 11.1. The van der Waals surface area contributed by atoms with Gasteiger partial charge in [0.1, 0.15) is 11.7 Å². The number of pyridine rings is 1. The molecule has 1 atom stereocenters. The summed E-state index contributed by atoms with van der Waals surface area (Å²) in [5.74, 6) is 1.85. The topological polar surface area (TPSA) is 66.0 Å². The Bertz CT molecular complexity index is 516. The maximum atomic E-state index is 7.63. The maximum Gasteiger partial charge on any atom is 0.129 e. The summed E-state index contributed by atoms with van der Waals surface area (Å²) in [5, 5.41) is 7.63. The van der Waals surface area contributed by atoms with Gasteiger partial charge in [0.2, 0.25) is 0 Å². The fourth-order valence-electron chi connectivity index (χ4n) is 3.16. The SMILES string of the molecule is Cc1cc(C(=N)N)cc(N2CCCC(C(C)(C)C)CC2)n1. The fourth-order valence-corrected chi connectivity index (χ4v) is 3.16. The van der Waals surface area contributed by atoms with Crippen molar-refractivity contribution in [3.63, 3.8) is 0 Å². The van der Waals surface area contributed by atoms with Crippen molar-refractivity contribution in [3.05, 3.63) is 23.4 Å². The van der Waals surface area contributed by atoms with Crippen molar-refractivity contribution in [1.82, 2.24) is 4.98 Å². The second kappa shape index (κ2) is 6.04. The van der Waals surface area contributed by atoms with E-state index in [-0.39, 0.29) is 5.84 Å². The van der Waals surface area contributed by atoms with E-state index in [0.717, 1.165) is 36.1 Å². The van der Waals surface area contributed by atoms with Gasteiger partial charge in [0.05, 0.1) is 0 Å². The molecule has 0 radical (unpaired) electrons. The van der Waals surface area contributed by atoms with Gasteiger partial charge in [0.15, 0.2) is 0 Å². The van der Waals surface area contributed by atoms with Crippen LogP contribution < -0.4 is 10.6 Å². The highest BCUT2D eigenvalue weighted by atomic mass is 15.2. The summed E-state index contributed by atoms with van der Waals surface area (Å²) >= 11 is 0. The third-order valence-electron chi connectivity index (χ3n) is 4.53. The van der Waals surface area contributed by atoms with Crippen LogP contribution in [0.15, 0.2) is 12.1 Å². The highest BCUT2D eigenvalue weighted by Crippen LogP contribution is 2.35. The first-order valence-electron chi connectivity index (χ1n) is 7.85. The van der Waals surface area contributed by atoms with Gasteiger partial charge in [-0.25, -0.2) is 4.98 Å². The number of amidine groups is 1. The lowest BCUT2D eigenvalue weighted by Gasteiger charge is -2.30. The van der Waals surface area contributed by atoms with Crippen molar-refractivity contribution in [2.24, 2.45) is 17.1 Å². The van der Waals surface area contributed by atoms with E-state index < -0.39 is 0 Å². The molecule has 4 heteroatoms. The van der Waals surface area contributed by atoms with Crippen LogP contribution in [0.1, 0.15) is 51.3 Å². The van der Waals surface area contributed by atoms with Crippen molar-refractivity contribution in [3.8, 4) is 0 Å². The predicted molar refractivity (Wildman–Crippen MR) is 89.0 cm³/mol. The number of hydrogen-bond acceptors (Lipinski definition) is 3. The molecule has 0 aliphatic carbocycles. The molecule has 1 aromatic heterocycles. The number of nitrogen functional groups attached to an aromatic ring is 1. The number of hydrogen-bond donors (Lipinski definition) is 2. The second-order valence-corrected chi connectivity index (χ2v) is 7.25. The lowest BCUT2D eigenvalue weighted by Crippen LogP contribution is -2.27. The molecule has 3 N–H and O–H groups in total. The largest absolute Gasteiger partial charge is 0.384 e. The maximum absolute atomic E-state index is 7.63. The second-order valence-electron chi connectivity index (χ2n) is 7.25. The van der Waals surface area contributed by atoms with Gasteiger partial charge in [0.25, 0.3) is 0 Å². The minimum Gasteiger partial charge on any atom is -0.384 e. The minimum atomic E-state index is 0.115. The van der Waals surface area contributed by atoms with E-state index in [4.69, 9.17) is 11.1 Å². The van der Waals surface area contributed by atoms with Crippen LogP contribution in [-0.2, 0) is 0 Å². The number of nitrogens with one attached hydrogen (secondary N) is 1. The van der Waals surface area contributed by atoms with Gasteiger partial charge in [-0.1, -0.05) is 20.8 Å². The number of anilines is 1. The summed E-state index contributed by atoms with van der Waals surface area (Å²) in [6, 6.07) is 3.83. The van der Waals surface area contributed by atoms with Crippen LogP contribution in [0.2, 0.25) is 0 Å². The summed E-state index contributed by atoms with van der Waals surface area (Å²) in [6.07, 6.45) is 3.69.